The van der Waals surface area contributed by atoms with Gasteiger partial charge in [-0.05, 0) is 24.5 Å². The van der Waals surface area contributed by atoms with Crippen LogP contribution in [0.5, 0.6) is 0 Å². The number of para-hydroxylation sites is 1. The summed E-state index contributed by atoms with van der Waals surface area (Å²) in [6.07, 6.45) is 5.20. The standard InChI is InChI=1S/C15H16N4O/c20-9-3-7-14-11-19(18-17-14)10-13-5-1-4-12-6-2-8-16-15(12)13/h1-2,4-6,8,11,20H,3,7,9-10H2. The average molecular weight is 268 g/mol. The van der Waals surface area contributed by atoms with Crippen molar-refractivity contribution in [3.05, 3.63) is 54.0 Å². The van der Waals surface area contributed by atoms with Crippen LogP contribution in [0.3, 0.4) is 0 Å². The molecule has 5 nitrogen and oxygen atoms in total. The molecule has 0 amide bonds. The van der Waals surface area contributed by atoms with Crippen molar-refractivity contribution in [3.8, 4) is 0 Å². The molecule has 0 aliphatic rings. The van der Waals surface area contributed by atoms with Crippen LogP contribution < -0.4 is 0 Å². The van der Waals surface area contributed by atoms with Crippen LogP contribution in [-0.4, -0.2) is 31.7 Å². The number of aryl methyl sites for hydroxylation is 1. The number of nitrogens with zero attached hydrogens (tertiary/aromatic N) is 4. The minimum absolute atomic E-state index is 0.181. The minimum atomic E-state index is 0.181. The molecule has 0 fully saturated rings. The van der Waals surface area contributed by atoms with Gasteiger partial charge >= 0.3 is 0 Å². The fourth-order valence-corrected chi connectivity index (χ4v) is 2.26. The van der Waals surface area contributed by atoms with Crippen LogP contribution in [-0.2, 0) is 13.0 Å². The Hall–Kier alpha value is -2.27. The summed E-state index contributed by atoms with van der Waals surface area (Å²) >= 11 is 0. The highest BCUT2D eigenvalue weighted by atomic mass is 16.2. The molecule has 0 aliphatic heterocycles. The van der Waals surface area contributed by atoms with Gasteiger partial charge in [0, 0.05) is 24.4 Å². The summed E-state index contributed by atoms with van der Waals surface area (Å²) in [6.45, 7) is 0.834. The number of fused-ring (bicyclic) bond motifs is 1. The highest BCUT2D eigenvalue weighted by Crippen LogP contribution is 2.16. The van der Waals surface area contributed by atoms with Gasteiger partial charge in [-0.15, -0.1) is 5.10 Å². The third kappa shape index (κ3) is 2.67. The second-order valence-electron chi connectivity index (χ2n) is 4.73. The summed E-state index contributed by atoms with van der Waals surface area (Å²) in [5, 5.41) is 18.2. The molecule has 0 unspecified atom stereocenters. The normalized spacial score (nSPS) is 11.1. The summed E-state index contributed by atoms with van der Waals surface area (Å²) in [6, 6.07) is 10.1. The van der Waals surface area contributed by atoms with Crippen molar-refractivity contribution in [2.45, 2.75) is 19.4 Å². The molecular formula is C15H16N4O. The number of rotatable bonds is 5. The Morgan fingerprint density at radius 1 is 1.15 bits per heavy atom. The van der Waals surface area contributed by atoms with Crippen molar-refractivity contribution >= 4 is 10.9 Å². The van der Waals surface area contributed by atoms with Gasteiger partial charge in [0.25, 0.3) is 0 Å². The third-order valence-corrected chi connectivity index (χ3v) is 3.23. The molecule has 0 bridgehead atoms. The predicted molar refractivity (Wildman–Crippen MR) is 76.3 cm³/mol. The SMILES string of the molecule is OCCCc1cn(Cc2cccc3cccnc23)nn1. The summed E-state index contributed by atoms with van der Waals surface area (Å²) in [4.78, 5) is 4.44. The van der Waals surface area contributed by atoms with Gasteiger partial charge in [-0.25, -0.2) is 4.68 Å². The van der Waals surface area contributed by atoms with Crippen molar-refractivity contribution in [1.82, 2.24) is 20.0 Å². The Labute approximate surface area is 116 Å². The van der Waals surface area contributed by atoms with E-state index >= 15 is 0 Å². The first-order valence-electron chi connectivity index (χ1n) is 6.69. The van der Waals surface area contributed by atoms with Crippen LogP contribution >= 0.6 is 0 Å². The van der Waals surface area contributed by atoms with Crippen molar-refractivity contribution in [3.63, 3.8) is 0 Å². The molecule has 0 spiro atoms. The topological polar surface area (TPSA) is 63.8 Å². The van der Waals surface area contributed by atoms with Crippen molar-refractivity contribution in [2.24, 2.45) is 0 Å². The Morgan fingerprint density at radius 2 is 2.05 bits per heavy atom. The van der Waals surface area contributed by atoms with Gasteiger partial charge in [0.15, 0.2) is 0 Å². The lowest BCUT2D eigenvalue weighted by atomic mass is 10.1. The first-order chi connectivity index (χ1) is 9.86. The molecule has 102 valence electrons. The summed E-state index contributed by atoms with van der Waals surface area (Å²) in [5.74, 6) is 0. The van der Waals surface area contributed by atoms with Gasteiger partial charge in [-0.2, -0.15) is 0 Å². The van der Waals surface area contributed by atoms with E-state index in [0.717, 1.165) is 28.6 Å². The molecule has 0 aliphatic carbocycles. The molecule has 2 aromatic heterocycles. The molecule has 3 aromatic rings. The molecular weight excluding hydrogens is 252 g/mol. The fraction of sp³-hybridized carbons (Fsp3) is 0.267. The Bertz CT molecular complexity index is 702. The van der Waals surface area contributed by atoms with Gasteiger partial charge in [-0.1, -0.05) is 29.5 Å². The monoisotopic (exact) mass is 268 g/mol. The van der Waals surface area contributed by atoms with Crippen LogP contribution in [0, 0.1) is 0 Å². The van der Waals surface area contributed by atoms with Gasteiger partial charge in [0.05, 0.1) is 17.8 Å². The first-order valence-corrected chi connectivity index (χ1v) is 6.69. The molecule has 0 saturated carbocycles. The molecule has 0 saturated heterocycles. The van der Waals surface area contributed by atoms with E-state index in [9.17, 15) is 0 Å². The van der Waals surface area contributed by atoms with Gasteiger partial charge in [0.1, 0.15) is 0 Å². The molecule has 20 heavy (non-hydrogen) atoms. The maximum Gasteiger partial charge on any atom is 0.0828 e. The number of aliphatic hydroxyl groups is 1. The van der Waals surface area contributed by atoms with Crippen LogP contribution in [0.4, 0.5) is 0 Å². The summed E-state index contributed by atoms with van der Waals surface area (Å²) < 4.78 is 1.82. The highest BCUT2D eigenvalue weighted by molar-refractivity contribution is 5.81. The van der Waals surface area contributed by atoms with Gasteiger partial charge < -0.3 is 5.11 Å². The minimum Gasteiger partial charge on any atom is -0.396 e. The zero-order valence-corrected chi connectivity index (χ0v) is 11.1. The van der Waals surface area contributed by atoms with Gasteiger partial charge in [0.2, 0.25) is 0 Å². The van der Waals surface area contributed by atoms with Crippen molar-refractivity contribution in [2.75, 3.05) is 6.61 Å². The Kier molecular flexibility index (Phi) is 3.69. The molecule has 3 rings (SSSR count). The van der Waals surface area contributed by atoms with E-state index in [1.54, 1.807) is 6.20 Å². The van der Waals surface area contributed by atoms with Crippen LogP contribution in [0.15, 0.2) is 42.7 Å². The molecule has 2 heterocycles. The highest BCUT2D eigenvalue weighted by Gasteiger charge is 2.05. The number of benzene rings is 1. The van der Waals surface area contributed by atoms with Crippen LogP contribution in [0.1, 0.15) is 17.7 Å². The van der Waals surface area contributed by atoms with Gasteiger partial charge in [-0.3, -0.25) is 4.98 Å². The number of hydrogen-bond donors (Lipinski definition) is 1. The Morgan fingerprint density at radius 3 is 2.95 bits per heavy atom. The maximum atomic E-state index is 8.82. The molecule has 0 radical (unpaired) electrons. The van der Waals surface area contributed by atoms with E-state index in [-0.39, 0.29) is 6.61 Å². The summed E-state index contributed by atoms with van der Waals surface area (Å²) in [5.41, 5.74) is 3.04. The average Bonchev–Trinajstić information content (AvgIpc) is 2.93. The zero-order chi connectivity index (χ0) is 13.8. The first kappa shape index (κ1) is 12.7. The van der Waals surface area contributed by atoms with E-state index in [0.29, 0.717) is 13.0 Å². The van der Waals surface area contributed by atoms with Crippen LogP contribution in [0.2, 0.25) is 0 Å². The third-order valence-electron chi connectivity index (χ3n) is 3.23. The second-order valence-corrected chi connectivity index (χ2v) is 4.73. The van der Waals surface area contributed by atoms with E-state index in [1.807, 2.05) is 23.0 Å². The number of aliphatic hydroxyl groups excluding tert-OH is 1. The molecule has 5 heteroatoms. The lowest BCUT2D eigenvalue weighted by Gasteiger charge is -2.04. The quantitative estimate of drug-likeness (QED) is 0.766. The van der Waals surface area contributed by atoms with Crippen molar-refractivity contribution < 1.29 is 5.11 Å². The van der Waals surface area contributed by atoms with E-state index in [2.05, 4.69) is 33.5 Å². The van der Waals surface area contributed by atoms with Crippen molar-refractivity contribution in [1.29, 1.82) is 0 Å². The Balaban J connectivity index is 1.84. The number of hydrogen-bond acceptors (Lipinski definition) is 4. The van der Waals surface area contributed by atoms with Crippen LogP contribution in [0.25, 0.3) is 10.9 Å². The molecule has 1 N–H and O–H groups in total. The van der Waals surface area contributed by atoms with E-state index < -0.39 is 0 Å². The lowest BCUT2D eigenvalue weighted by Crippen LogP contribution is -2.01. The number of pyridine rings is 1. The fourth-order valence-electron chi connectivity index (χ4n) is 2.26. The number of aromatic nitrogens is 4. The lowest BCUT2D eigenvalue weighted by molar-refractivity contribution is 0.288. The maximum absolute atomic E-state index is 8.82. The zero-order valence-electron chi connectivity index (χ0n) is 11.1. The predicted octanol–water partition coefficient (Wildman–Crippen LogP) is 1.80. The summed E-state index contributed by atoms with van der Waals surface area (Å²) in [7, 11) is 0. The largest absolute Gasteiger partial charge is 0.396 e. The molecule has 0 atom stereocenters. The second kappa shape index (κ2) is 5.79. The molecule has 1 aromatic carbocycles. The smallest absolute Gasteiger partial charge is 0.0828 e. The van der Waals surface area contributed by atoms with E-state index in [1.165, 1.54) is 0 Å². The van der Waals surface area contributed by atoms with E-state index in [4.69, 9.17) is 5.11 Å².